The van der Waals surface area contributed by atoms with Crippen LogP contribution in [0.5, 0.6) is 0 Å². The van der Waals surface area contributed by atoms with Crippen molar-refractivity contribution in [1.29, 1.82) is 0 Å². The van der Waals surface area contributed by atoms with Gasteiger partial charge >= 0.3 is 0 Å². The summed E-state index contributed by atoms with van der Waals surface area (Å²) in [5, 5.41) is 0. The van der Waals surface area contributed by atoms with Crippen LogP contribution in [0.15, 0.2) is 12.8 Å². The summed E-state index contributed by atoms with van der Waals surface area (Å²) in [6.07, 6.45) is 21.0. The van der Waals surface area contributed by atoms with Crippen molar-refractivity contribution < 1.29 is 4.74 Å². The fraction of sp³-hybridized carbons (Fsp3) is 0.900. The summed E-state index contributed by atoms with van der Waals surface area (Å²) in [5.74, 6) is 0.750. The first-order valence-electron chi connectivity index (χ1n) is 9.57. The number of unbranched alkanes of at least 4 members (excludes halogenated alkanes) is 10. The SMILES string of the molecule is C=COCC(CCCCCCC)CCCCCCCCC. The summed E-state index contributed by atoms with van der Waals surface area (Å²) in [7, 11) is 0. The number of hydrogen-bond donors (Lipinski definition) is 0. The zero-order chi connectivity index (χ0) is 15.6. The summed E-state index contributed by atoms with van der Waals surface area (Å²) in [4.78, 5) is 0. The Kier molecular flexibility index (Phi) is 17.2. The predicted molar refractivity (Wildman–Crippen MR) is 95.6 cm³/mol. The average Bonchev–Trinajstić information content (AvgIpc) is 2.50. The average molecular weight is 297 g/mol. The Morgan fingerprint density at radius 3 is 1.57 bits per heavy atom. The highest BCUT2D eigenvalue weighted by atomic mass is 16.5. The van der Waals surface area contributed by atoms with Gasteiger partial charge in [0.1, 0.15) is 0 Å². The summed E-state index contributed by atoms with van der Waals surface area (Å²) in [6.45, 7) is 9.11. The van der Waals surface area contributed by atoms with Crippen LogP contribution in [0.3, 0.4) is 0 Å². The Morgan fingerprint density at radius 1 is 0.714 bits per heavy atom. The van der Waals surface area contributed by atoms with Gasteiger partial charge in [-0.05, 0) is 18.8 Å². The van der Waals surface area contributed by atoms with E-state index in [9.17, 15) is 0 Å². The van der Waals surface area contributed by atoms with Gasteiger partial charge in [-0.15, -0.1) is 0 Å². The molecule has 0 aromatic heterocycles. The van der Waals surface area contributed by atoms with Gasteiger partial charge in [-0.3, -0.25) is 0 Å². The molecule has 0 bridgehead atoms. The van der Waals surface area contributed by atoms with Gasteiger partial charge in [0.15, 0.2) is 0 Å². The van der Waals surface area contributed by atoms with Crippen LogP contribution in [-0.2, 0) is 4.74 Å². The lowest BCUT2D eigenvalue weighted by atomic mass is 9.95. The molecule has 1 nitrogen and oxygen atoms in total. The van der Waals surface area contributed by atoms with Gasteiger partial charge < -0.3 is 4.74 Å². The Labute approximate surface area is 134 Å². The van der Waals surface area contributed by atoms with Gasteiger partial charge in [0.2, 0.25) is 0 Å². The summed E-state index contributed by atoms with van der Waals surface area (Å²) >= 11 is 0. The number of ether oxygens (including phenoxy) is 1. The second-order valence-electron chi connectivity index (χ2n) is 6.48. The van der Waals surface area contributed by atoms with Crippen molar-refractivity contribution >= 4 is 0 Å². The molecule has 0 rings (SSSR count). The van der Waals surface area contributed by atoms with E-state index in [0.29, 0.717) is 0 Å². The van der Waals surface area contributed by atoms with E-state index in [-0.39, 0.29) is 0 Å². The van der Waals surface area contributed by atoms with Gasteiger partial charge in [-0.2, -0.15) is 0 Å². The van der Waals surface area contributed by atoms with Gasteiger partial charge in [-0.25, -0.2) is 0 Å². The third kappa shape index (κ3) is 15.7. The van der Waals surface area contributed by atoms with Crippen LogP contribution in [0.2, 0.25) is 0 Å². The summed E-state index contributed by atoms with van der Waals surface area (Å²) in [5.41, 5.74) is 0. The molecule has 1 unspecified atom stereocenters. The largest absolute Gasteiger partial charge is 0.502 e. The molecule has 0 radical (unpaired) electrons. The van der Waals surface area contributed by atoms with E-state index in [1.54, 1.807) is 6.26 Å². The van der Waals surface area contributed by atoms with E-state index in [2.05, 4.69) is 20.4 Å². The third-order valence-electron chi connectivity index (χ3n) is 4.38. The van der Waals surface area contributed by atoms with E-state index < -0.39 is 0 Å². The molecule has 0 amide bonds. The minimum atomic E-state index is 0.750. The normalized spacial score (nSPS) is 12.3. The van der Waals surface area contributed by atoms with E-state index >= 15 is 0 Å². The smallest absolute Gasteiger partial charge is 0.0901 e. The zero-order valence-electron chi connectivity index (χ0n) is 14.9. The highest BCUT2D eigenvalue weighted by Crippen LogP contribution is 2.19. The molecule has 1 atom stereocenters. The molecule has 0 fully saturated rings. The van der Waals surface area contributed by atoms with Gasteiger partial charge in [0.05, 0.1) is 12.9 Å². The molecule has 0 N–H and O–H groups in total. The molecule has 0 saturated carbocycles. The zero-order valence-corrected chi connectivity index (χ0v) is 14.9. The molecular weight excluding hydrogens is 256 g/mol. The van der Waals surface area contributed by atoms with Crippen molar-refractivity contribution in [3.05, 3.63) is 12.8 Å². The van der Waals surface area contributed by atoms with Crippen LogP contribution >= 0.6 is 0 Å². The minimum Gasteiger partial charge on any atom is -0.502 e. The molecule has 21 heavy (non-hydrogen) atoms. The third-order valence-corrected chi connectivity index (χ3v) is 4.38. The lowest BCUT2D eigenvalue weighted by molar-refractivity contribution is 0.177. The first-order chi connectivity index (χ1) is 10.3. The van der Waals surface area contributed by atoms with Crippen LogP contribution in [0.4, 0.5) is 0 Å². The second kappa shape index (κ2) is 17.6. The van der Waals surface area contributed by atoms with E-state index in [0.717, 1.165) is 12.5 Å². The molecule has 0 aliphatic rings. The van der Waals surface area contributed by atoms with E-state index in [1.165, 1.54) is 89.9 Å². The van der Waals surface area contributed by atoms with Crippen molar-refractivity contribution in [1.82, 2.24) is 0 Å². The van der Waals surface area contributed by atoms with Gasteiger partial charge in [0.25, 0.3) is 0 Å². The molecule has 0 aliphatic carbocycles. The highest BCUT2D eigenvalue weighted by Gasteiger charge is 2.08. The van der Waals surface area contributed by atoms with E-state index in [1.807, 2.05) is 0 Å². The van der Waals surface area contributed by atoms with Crippen molar-refractivity contribution in [2.24, 2.45) is 5.92 Å². The van der Waals surface area contributed by atoms with Crippen molar-refractivity contribution in [2.75, 3.05) is 6.61 Å². The van der Waals surface area contributed by atoms with Crippen molar-refractivity contribution in [3.63, 3.8) is 0 Å². The minimum absolute atomic E-state index is 0.750. The molecule has 0 heterocycles. The molecule has 126 valence electrons. The van der Waals surface area contributed by atoms with Crippen LogP contribution in [0.1, 0.15) is 104 Å². The standard InChI is InChI=1S/C20H40O/c1-4-7-9-11-12-14-16-18-20(19-21-6-3)17-15-13-10-8-5-2/h6,20H,3-5,7-19H2,1-2H3. The van der Waals surface area contributed by atoms with E-state index in [4.69, 9.17) is 4.74 Å². The first kappa shape index (κ1) is 20.5. The Balaban J connectivity index is 3.57. The molecule has 0 spiro atoms. The van der Waals surface area contributed by atoms with Gasteiger partial charge in [-0.1, -0.05) is 97.5 Å². The second-order valence-corrected chi connectivity index (χ2v) is 6.48. The number of rotatable bonds is 17. The highest BCUT2D eigenvalue weighted by molar-refractivity contribution is 4.62. The first-order valence-corrected chi connectivity index (χ1v) is 9.57. The molecular formula is C20H40O. The quantitative estimate of drug-likeness (QED) is 0.203. The van der Waals surface area contributed by atoms with Crippen LogP contribution < -0.4 is 0 Å². The molecule has 1 heteroatoms. The Morgan fingerprint density at radius 2 is 1.14 bits per heavy atom. The van der Waals surface area contributed by atoms with Crippen LogP contribution in [0.25, 0.3) is 0 Å². The van der Waals surface area contributed by atoms with Crippen LogP contribution in [-0.4, -0.2) is 6.61 Å². The molecule has 0 aromatic rings. The Bertz CT molecular complexity index is 200. The summed E-state index contributed by atoms with van der Waals surface area (Å²) < 4.78 is 5.45. The van der Waals surface area contributed by atoms with Gasteiger partial charge in [0, 0.05) is 0 Å². The molecule has 0 aromatic carbocycles. The maximum Gasteiger partial charge on any atom is 0.0901 e. The fourth-order valence-electron chi connectivity index (χ4n) is 2.94. The maximum atomic E-state index is 5.45. The van der Waals surface area contributed by atoms with Crippen LogP contribution in [0, 0.1) is 5.92 Å². The topological polar surface area (TPSA) is 9.23 Å². The lowest BCUT2D eigenvalue weighted by Gasteiger charge is -2.16. The fourth-order valence-corrected chi connectivity index (χ4v) is 2.94. The van der Waals surface area contributed by atoms with Crippen molar-refractivity contribution in [2.45, 2.75) is 104 Å². The molecule has 0 aliphatic heterocycles. The predicted octanol–water partition coefficient (Wildman–Crippen LogP) is 7.26. The Hall–Kier alpha value is -0.460. The van der Waals surface area contributed by atoms with Crippen molar-refractivity contribution in [3.8, 4) is 0 Å². The lowest BCUT2D eigenvalue weighted by Crippen LogP contribution is -2.08. The monoisotopic (exact) mass is 296 g/mol. The number of hydrogen-bond acceptors (Lipinski definition) is 1. The summed E-state index contributed by atoms with van der Waals surface area (Å²) in [6, 6.07) is 0. The molecule has 0 saturated heterocycles. The maximum absolute atomic E-state index is 5.45.